The Morgan fingerprint density at radius 1 is 1.29 bits per heavy atom. The van der Waals surface area contributed by atoms with Gasteiger partial charge in [-0.15, -0.1) is 0 Å². The molecule has 1 aromatic carbocycles. The van der Waals surface area contributed by atoms with E-state index < -0.39 is 5.82 Å². The van der Waals surface area contributed by atoms with Crippen molar-refractivity contribution in [2.45, 2.75) is 5.16 Å². The molecule has 0 aliphatic rings. The Kier molecular flexibility index (Phi) is 4.97. The number of amides is 1. The number of nitrogens with zero attached hydrogens (tertiary/aromatic N) is 2. The van der Waals surface area contributed by atoms with Crippen molar-refractivity contribution >= 4 is 50.9 Å². The summed E-state index contributed by atoms with van der Waals surface area (Å²) in [5.74, 6) is -0.440. The van der Waals surface area contributed by atoms with Gasteiger partial charge in [-0.2, -0.15) is 0 Å². The molecule has 6 nitrogen and oxygen atoms in total. The summed E-state index contributed by atoms with van der Waals surface area (Å²) in [6.07, 6.45) is 0. The smallest absolute Gasteiger partial charge is 0.234 e. The number of halogens is 2. The van der Waals surface area contributed by atoms with Gasteiger partial charge in [-0.1, -0.05) is 27.7 Å². The van der Waals surface area contributed by atoms with Gasteiger partial charge in [0.2, 0.25) is 5.91 Å². The minimum Gasteiger partial charge on any atom is -0.383 e. The van der Waals surface area contributed by atoms with Gasteiger partial charge < -0.3 is 16.8 Å². The number of nitrogen functional groups attached to an aromatic ring is 2. The van der Waals surface area contributed by atoms with E-state index in [1.165, 1.54) is 18.2 Å². The molecule has 0 spiro atoms. The number of carbonyl (C=O) groups excluding carboxylic acids is 1. The Hall–Kier alpha value is -1.87. The molecule has 0 saturated heterocycles. The number of thioether (sulfide) groups is 1. The third-order valence-corrected chi connectivity index (χ3v) is 3.62. The molecule has 0 fully saturated rings. The summed E-state index contributed by atoms with van der Waals surface area (Å²) < 4.78 is 14.2. The van der Waals surface area contributed by atoms with Crippen LogP contribution in [0.15, 0.2) is 33.9 Å². The molecule has 0 aliphatic heterocycles. The predicted molar refractivity (Wildman–Crippen MR) is 84.3 cm³/mol. The SMILES string of the molecule is Nc1cc(N)nc(SCC(=O)Nc2ccc(Br)cc2F)n1. The number of anilines is 3. The van der Waals surface area contributed by atoms with E-state index in [1.807, 2.05) is 0 Å². The quantitative estimate of drug-likeness (QED) is 0.562. The summed E-state index contributed by atoms with van der Waals surface area (Å²) >= 11 is 4.20. The van der Waals surface area contributed by atoms with Crippen LogP contribution in [0.4, 0.5) is 21.7 Å². The highest BCUT2D eigenvalue weighted by atomic mass is 79.9. The molecule has 5 N–H and O–H groups in total. The summed E-state index contributed by atoms with van der Waals surface area (Å²) in [6, 6.07) is 5.79. The van der Waals surface area contributed by atoms with Gasteiger partial charge in [0.1, 0.15) is 17.5 Å². The molecule has 1 aromatic heterocycles. The van der Waals surface area contributed by atoms with Crippen LogP contribution in [0.3, 0.4) is 0 Å². The van der Waals surface area contributed by atoms with E-state index in [9.17, 15) is 9.18 Å². The van der Waals surface area contributed by atoms with Crippen LogP contribution < -0.4 is 16.8 Å². The molecular formula is C12H11BrFN5OS. The molecular weight excluding hydrogens is 361 g/mol. The second-order valence-corrected chi connectivity index (χ2v) is 5.82. The zero-order valence-electron chi connectivity index (χ0n) is 10.6. The lowest BCUT2D eigenvalue weighted by Crippen LogP contribution is -2.15. The minimum atomic E-state index is -0.521. The van der Waals surface area contributed by atoms with Crippen molar-refractivity contribution in [3.63, 3.8) is 0 Å². The average molecular weight is 372 g/mol. The van der Waals surface area contributed by atoms with Gasteiger partial charge in [-0.05, 0) is 18.2 Å². The van der Waals surface area contributed by atoms with E-state index >= 15 is 0 Å². The Morgan fingerprint density at radius 2 is 1.95 bits per heavy atom. The first-order valence-corrected chi connectivity index (χ1v) is 7.49. The molecule has 2 rings (SSSR count). The van der Waals surface area contributed by atoms with Crippen LogP contribution in [0.2, 0.25) is 0 Å². The van der Waals surface area contributed by atoms with Crippen LogP contribution >= 0.6 is 27.7 Å². The Bertz CT molecular complexity index is 664. The largest absolute Gasteiger partial charge is 0.383 e. The first-order valence-electron chi connectivity index (χ1n) is 5.72. The molecule has 2 aromatic rings. The van der Waals surface area contributed by atoms with Crippen LogP contribution in [-0.4, -0.2) is 21.6 Å². The predicted octanol–water partition coefficient (Wildman–Crippen LogP) is 2.27. The summed E-state index contributed by atoms with van der Waals surface area (Å²) in [6.45, 7) is 0. The molecule has 0 unspecified atom stereocenters. The van der Waals surface area contributed by atoms with E-state index in [0.29, 0.717) is 9.63 Å². The molecule has 0 atom stereocenters. The fourth-order valence-corrected chi connectivity index (χ4v) is 2.44. The van der Waals surface area contributed by atoms with Crippen molar-refractivity contribution in [2.24, 2.45) is 0 Å². The van der Waals surface area contributed by atoms with Crippen LogP contribution in [-0.2, 0) is 4.79 Å². The van der Waals surface area contributed by atoms with E-state index in [4.69, 9.17) is 11.5 Å². The van der Waals surface area contributed by atoms with Crippen LogP contribution in [0, 0.1) is 5.82 Å². The number of aromatic nitrogens is 2. The number of benzene rings is 1. The first kappa shape index (κ1) is 15.5. The normalized spacial score (nSPS) is 10.4. The van der Waals surface area contributed by atoms with E-state index in [-0.39, 0.29) is 29.0 Å². The van der Waals surface area contributed by atoms with E-state index in [0.717, 1.165) is 11.8 Å². The fourth-order valence-electron chi connectivity index (χ4n) is 1.43. The Balaban J connectivity index is 1.95. The van der Waals surface area contributed by atoms with Crippen LogP contribution in [0.5, 0.6) is 0 Å². The second kappa shape index (κ2) is 6.72. The maximum absolute atomic E-state index is 13.6. The van der Waals surface area contributed by atoms with Gasteiger partial charge in [-0.3, -0.25) is 4.79 Å². The van der Waals surface area contributed by atoms with Gasteiger partial charge in [0, 0.05) is 10.5 Å². The summed E-state index contributed by atoms with van der Waals surface area (Å²) in [5.41, 5.74) is 11.2. The van der Waals surface area contributed by atoms with Crippen molar-refractivity contribution in [1.82, 2.24) is 9.97 Å². The summed E-state index contributed by atoms with van der Waals surface area (Å²) in [7, 11) is 0. The van der Waals surface area contributed by atoms with Crippen LogP contribution in [0.1, 0.15) is 0 Å². The monoisotopic (exact) mass is 371 g/mol. The number of nitrogens with two attached hydrogens (primary N) is 2. The highest BCUT2D eigenvalue weighted by molar-refractivity contribution is 9.10. The van der Waals surface area contributed by atoms with Crippen molar-refractivity contribution in [3.05, 3.63) is 34.6 Å². The molecule has 21 heavy (non-hydrogen) atoms. The maximum Gasteiger partial charge on any atom is 0.234 e. The van der Waals surface area contributed by atoms with Crippen LogP contribution in [0.25, 0.3) is 0 Å². The molecule has 0 radical (unpaired) electrons. The first-order chi connectivity index (χ1) is 9.94. The molecule has 0 saturated carbocycles. The Morgan fingerprint density at radius 3 is 2.57 bits per heavy atom. The molecule has 110 valence electrons. The molecule has 0 aliphatic carbocycles. The Labute approximate surface area is 132 Å². The zero-order valence-corrected chi connectivity index (χ0v) is 13.0. The van der Waals surface area contributed by atoms with Crippen molar-refractivity contribution in [1.29, 1.82) is 0 Å². The molecule has 0 bridgehead atoms. The lowest BCUT2D eigenvalue weighted by Gasteiger charge is -2.06. The van der Waals surface area contributed by atoms with Gasteiger partial charge in [0.15, 0.2) is 5.16 Å². The summed E-state index contributed by atoms with van der Waals surface area (Å²) in [4.78, 5) is 19.6. The van der Waals surface area contributed by atoms with Crippen molar-refractivity contribution < 1.29 is 9.18 Å². The number of carbonyl (C=O) groups is 1. The zero-order chi connectivity index (χ0) is 15.4. The topological polar surface area (TPSA) is 107 Å². The number of hydrogen-bond acceptors (Lipinski definition) is 6. The molecule has 1 amide bonds. The lowest BCUT2D eigenvalue weighted by atomic mass is 10.3. The standard InChI is InChI=1S/C12H11BrFN5OS/c13-6-1-2-8(7(14)3-6)17-11(20)5-21-12-18-9(15)4-10(16)19-12/h1-4H,5H2,(H,17,20)(H4,15,16,18,19). The highest BCUT2D eigenvalue weighted by Crippen LogP contribution is 2.20. The number of rotatable bonds is 4. The van der Waals surface area contributed by atoms with Crippen molar-refractivity contribution in [2.75, 3.05) is 22.5 Å². The number of hydrogen-bond donors (Lipinski definition) is 3. The third kappa shape index (κ3) is 4.57. The maximum atomic E-state index is 13.6. The second-order valence-electron chi connectivity index (χ2n) is 3.96. The fraction of sp³-hybridized carbons (Fsp3) is 0.0833. The minimum absolute atomic E-state index is 0.0123. The van der Waals surface area contributed by atoms with Crippen molar-refractivity contribution in [3.8, 4) is 0 Å². The summed E-state index contributed by atoms with van der Waals surface area (Å²) in [5, 5.41) is 2.75. The third-order valence-electron chi connectivity index (χ3n) is 2.28. The highest BCUT2D eigenvalue weighted by Gasteiger charge is 2.09. The lowest BCUT2D eigenvalue weighted by molar-refractivity contribution is -0.113. The van der Waals surface area contributed by atoms with Gasteiger partial charge in [0.25, 0.3) is 0 Å². The number of nitrogens with one attached hydrogen (secondary N) is 1. The van der Waals surface area contributed by atoms with Gasteiger partial charge in [-0.25, -0.2) is 14.4 Å². The van der Waals surface area contributed by atoms with Gasteiger partial charge >= 0.3 is 0 Å². The van der Waals surface area contributed by atoms with E-state index in [2.05, 4.69) is 31.2 Å². The van der Waals surface area contributed by atoms with Gasteiger partial charge in [0.05, 0.1) is 11.4 Å². The molecule has 9 heteroatoms. The molecule has 1 heterocycles. The average Bonchev–Trinajstić information content (AvgIpc) is 2.39. The van der Waals surface area contributed by atoms with E-state index in [1.54, 1.807) is 6.07 Å².